The minimum atomic E-state index is -0.668. The second kappa shape index (κ2) is 7.26. The lowest BCUT2D eigenvalue weighted by Crippen LogP contribution is -2.27. The zero-order valence-electron chi connectivity index (χ0n) is 12.1. The van der Waals surface area contributed by atoms with Crippen molar-refractivity contribution >= 4 is 30.2 Å². The third-order valence-electron chi connectivity index (χ3n) is 3.38. The fourth-order valence-electron chi connectivity index (χ4n) is 2.13. The van der Waals surface area contributed by atoms with Gasteiger partial charge in [0.05, 0.1) is 4.92 Å². The largest absolute Gasteiger partial charge is 0.443 e. The molecule has 1 heterocycles. The lowest BCUT2D eigenvalue weighted by atomic mass is 10.2. The van der Waals surface area contributed by atoms with Crippen molar-refractivity contribution in [3.05, 3.63) is 39.9 Å². The van der Waals surface area contributed by atoms with E-state index in [0.717, 1.165) is 19.5 Å². The van der Waals surface area contributed by atoms with E-state index in [1.165, 1.54) is 12.1 Å². The zero-order chi connectivity index (χ0) is 16.1. The van der Waals surface area contributed by atoms with E-state index in [-0.39, 0.29) is 12.3 Å². The van der Waals surface area contributed by atoms with Gasteiger partial charge in [0.2, 0.25) is 0 Å². The Balaban J connectivity index is 1.85. The van der Waals surface area contributed by atoms with Gasteiger partial charge < -0.3 is 9.64 Å². The molecule has 1 amide bonds. The van der Waals surface area contributed by atoms with Crippen LogP contribution in [0.1, 0.15) is 18.9 Å². The Labute approximate surface area is 133 Å². The van der Waals surface area contributed by atoms with Gasteiger partial charge in [-0.05, 0) is 31.0 Å². The van der Waals surface area contributed by atoms with Crippen molar-refractivity contribution in [3.8, 4) is 0 Å². The van der Waals surface area contributed by atoms with E-state index in [9.17, 15) is 14.9 Å². The highest BCUT2D eigenvalue weighted by atomic mass is 32.1. The highest BCUT2D eigenvalue weighted by Crippen LogP contribution is 2.15. The molecule has 8 heteroatoms. The molecule has 1 fully saturated rings. The Morgan fingerprint density at radius 1 is 1.50 bits per heavy atom. The van der Waals surface area contributed by atoms with Crippen molar-refractivity contribution in [1.29, 1.82) is 0 Å². The Morgan fingerprint density at radius 3 is 2.73 bits per heavy atom. The molecule has 1 atom stereocenters. The summed E-state index contributed by atoms with van der Waals surface area (Å²) in [4.78, 5) is 27.6. The molecule has 1 aromatic rings. The standard InChI is InChI=1S/C14H17N3O4S/c1-10(16-7-6-13(22)8-16)15-14(18)21-9-11-2-4-12(5-3-11)17(19)20/h2-5,13,22H,6-9H2,1H3/b15-10+/t13-/m0/s1. The number of rotatable bonds is 3. The summed E-state index contributed by atoms with van der Waals surface area (Å²) in [7, 11) is 0. The van der Waals surface area contributed by atoms with Crippen LogP contribution in [-0.4, -0.2) is 40.1 Å². The topological polar surface area (TPSA) is 85.0 Å². The first-order valence-corrected chi connectivity index (χ1v) is 7.35. The lowest BCUT2D eigenvalue weighted by Gasteiger charge is -2.16. The number of carbonyl (C=O) groups excluding carboxylic acids is 1. The molecule has 22 heavy (non-hydrogen) atoms. The van der Waals surface area contributed by atoms with Crippen LogP contribution in [0.4, 0.5) is 10.5 Å². The van der Waals surface area contributed by atoms with E-state index in [1.807, 2.05) is 4.90 Å². The average Bonchev–Trinajstić information content (AvgIpc) is 2.92. The molecule has 0 aromatic heterocycles. The normalized spacial score (nSPS) is 18.4. The predicted octanol–water partition coefficient (Wildman–Crippen LogP) is 2.65. The van der Waals surface area contributed by atoms with Crippen molar-refractivity contribution in [2.45, 2.75) is 25.2 Å². The van der Waals surface area contributed by atoms with E-state index < -0.39 is 11.0 Å². The van der Waals surface area contributed by atoms with E-state index in [0.29, 0.717) is 16.6 Å². The number of thiol groups is 1. The number of carbonyl (C=O) groups is 1. The molecule has 0 radical (unpaired) electrons. The Kier molecular flexibility index (Phi) is 5.37. The second-order valence-corrected chi connectivity index (χ2v) is 5.76. The van der Waals surface area contributed by atoms with Gasteiger partial charge in [0.15, 0.2) is 0 Å². The fraction of sp³-hybridized carbons (Fsp3) is 0.429. The maximum absolute atomic E-state index is 11.7. The Morgan fingerprint density at radius 2 is 2.18 bits per heavy atom. The van der Waals surface area contributed by atoms with Crippen LogP contribution in [0.25, 0.3) is 0 Å². The van der Waals surface area contributed by atoms with Crippen molar-refractivity contribution in [3.63, 3.8) is 0 Å². The third kappa shape index (κ3) is 4.45. The number of hydrogen-bond donors (Lipinski definition) is 1. The van der Waals surface area contributed by atoms with Crippen LogP contribution >= 0.6 is 12.6 Å². The van der Waals surface area contributed by atoms with Crippen molar-refractivity contribution in [2.75, 3.05) is 13.1 Å². The first kappa shape index (κ1) is 16.3. The van der Waals surface area contributed by atoms with E-state index in [4.69, 9.17) is 4.74 Å². The molecule has 0 saturated carbocycles. The SMILES string of the molecule is C/C(=N\C(=O)OCc1ccc([N+](=O)[O-])cc1)N1CC[C@H](S)C1. The van der Waals surface area contributed by atoms with E-state index in [2.05, 4.69) is 17.6 Å². The minimum absolute atomic E-state index is 0.000663. The molecule has 0 N–H and O–H groups in total. The van der Waals surface area contributed by atoms with E-state index in [1.54, 1.807) is 19.1 Å². The summed E-state index contributed by atoms with van der Waals surface area (Å²) in [6, 6.07) is 5.84. The van der Waals surface area contributed by atoms with Crippen LogP contribution < -0.4 is 0 Å². The van der Waals surface area contributed by atoms with Crippen molar-refractivity contribution in [2.24, 2.45) is 4.99 Å². The van der Waals surface area contributed by atoms with Crippen LogP contribution in [0.15, 0.2) is 29.3 Å². The summed E-state index contributed by atoms with van der Waals surface area (Å²) in [5, 5.41) is 10.8. The number of amides is 1. The average molecular weight is 323 g/mol. The number of ether oxygens (including phenoxy) is 1. The number of benzene rings is 1. The molecule has 0 unspecified atom stereocenters. The predicted molar refractivity (Wildman–Crippen MR) is 85.4 cm³/mol. The first-order valence-electron chi connectivity index (χ1n) is 6.84. The van der Waals surface area contributed by atoms with Gasteiger partial charge in [-0.3, -0.25) is 10.1 Å². The number of amidine groups is 1. The van der Waals surface area contributed by atoms with Gasteiger partial charge in [0.1, 0.15) is 12.4 Å². The van der Waals surface area contributed by atoms with E-state index >= 15 is 0 Å². The monoisotopic (exact) mass is 323 g/mol. The van der Waals surface area contributed by atoms with Gasteiger partial charge in [0, 0.05) is 30.5 Å². The van der Waals surface area contributed by atoms with Gasteiger partial charge >= 0.3 is 6.09 Å². The maximum Gasteiger partial charge on any atom is 0.435 e. The molecule has 7 nitrogen and oxygen atoms in total. The molecule has 1 saturated heterocycles. The van der Waals surface area contributed by atoms with Crippen LogP contribution in [-0.2, 0) is 11.3 Å². The molecule has 1 aliphatic rings. The van der Waals surface area contributed by atoms with Crippen LogP contribution in [0, 0.1) is 10.1 Å². The summed E-state index contributed by atoms with van der Waals surface area (Å²) >= 11 is 4.39. The lowest BCUT2D eigenvalue weighted by molar-refractivity contribution is -0.384. The summed E-state index contributed by atoms with van der Waals surface area (Å²) in [6.07, 6.45) is 0.298. The van der Waals surface area contributed by atoms with Crippen LogP contribution in [0.3, 0.4) is 0 Å². The number of nitro benzene ring substituents is 1. The number of non-ortho nitro benzene ring substituents is 1. The molecule has 0 aliphatic carbocycles. The van der Waals surface area contributed by atoms with Crippen LogP contribution in [0.2, 0.25) is 0 Å². The van der Waals surface area contributed by atoms with Gasteiger partial charge in [0.25, 0.3) is 5.69 Å². The molecular formula is C14H17N3O4S. The molecule has 0 spiro atoms. The van der Waals surface area contributed by atoms with Crippen molar-refractivity contribution < 1.29 is 14.5 Å². The minimum Gasteiger partial charge on any atom is -0.443 e. The summed E-state index contributed by atoms with van der Waals surface area (Å²) in [5.74, 6) is 0.616. The number of aliphatic imine (C=N–C) groups is 1. The van der Waals surface area contributed by atoms with Gasteiger partial charge in [-0.1, -0.05) is 0 Å². The van der Waals surface area contributed by atoms with Gasteiger partial charge in [-0.15, -0.1) is 0 Å². The molecule has 0 bridgehead atoms. The highest BCUT2D eigenvalue weighted by Gasteiger charge is 2.20. The summed E-state index contributed by atoms with van der Waals surface area (Å²) < 4.78 is 5.04. The number of nitro groups is 1. The van der Waals surface area contributed by atoms with Gasteiger partial charge in [-0.2, -0.15) is 17.6 Å². The van der Waals surface area contributed by atoms with Crippen LogP contribution in [0.5, 0.6) is 0 Å². The molecule has 2 rings (SSSR count). The number of nitrogens with zero attached hydrogens (tertiary/aromatic N) is 3. The Hall–Kier alpha value is -2.09. The molecule has 1 aromatic carbocycles. The first-order chi connectivity index (χ1) is 10.5. The third-order valence-corrected chi connectivity index (χ3v) is 3.81. The van der Waals surface area contributed by atoms with Crippen molar-refractivity contribution in [1.82, 2.24) is 4.90 Å². The smallest absolute Gasteiger partial charge is 0.435 e. The quantitative estimate of drug-likeness (QED) is 0.304. The zero-order valence-corrected chi connectivity index (χ0v) is 13.0. The molecule has 118 valence electrons. The summed E-state index contributed by atoms with van der Waals surface area (Å²) in [5.41, 5.74) is 0.669. The summed E-state index contributed by atoms with van der Waals surface area (Å²) in [6.45, 7) is 3.40. The van der Waals surface area contributed by atoms with Gasteiger partial charge in [-0.25, -0.2) is 4.79 Å². The Bertz CT molecular complexity index is 588. The number of likely N-dealkylation sites (tertiary alicyclic amines) is 1. The fourth-order valence-corrected chi connectivity index (χ4v) is 2.44. The number of hydrogen-bond acceptors (Lipinski definition) is 5. The maximum atomic E-state index is 11.7. The highest BCUT2D eigenvalue weighted by molar-refractivity contribution is 7.81. The second-order valence-electron chi connectivity index (χ2n) is 5.03. The molecular weight excluding hydrogens is 306 g/mol. The molecule has 1 aliphatic heterocycles.